The molecule has 1 fully saturated rings. The third-order valence-corrected chi connectivity index (χ3v) is 5.32. The second-order valence-electron chi connectivity index (χ2n) is 7.35. The second kappa shape index (κ2) is 9.54. The third-order valence-electron chi connectivity index (χ3n) is 5.32. The minimum Gasteiger partial charge on any atom is -0.497 e. The number of benzene rings is 2. The Morgan fingerprint density at radius 1 is 1.14 bits per heavy atom. The van der Waals surface area contributed by atoms with Crippen LogP contribution in [-0.4, -0.2) is 43.1 Å². The van der Waals surface area contributed by atoms with Gasteiger partial charge in [-0.3, -0.25) is 4.79 Å². The molecule has 0 bridgehead atoms. The van der Waals surface area contributed by atoms with E-state index in [1.807, 2.05) is 18.2 Å². The summed E-state index contributed by atoms with van der Waals surface area (Å²) in [6.07, 6.45) is 1.86. The van der Waals surface area contributed by atoms with Crippen LogP contribution in [0.2, 0.25) is 0 Å². The van der Waals surface area contributed by atoms with Crippen LogP contribution in [0.3, 0.4) is 0 Å². The predicted molar refractivity (Wildman–Crippen MR) is 107 cm³/mol. The first-order valence-electron chi connectivity index (χ1n) is 9.85. The van der Waals surface area contributed by atoms with E-state index in [1.165, 1.54) is 31.7 Å². The first kappa shape index (κ1) is 20.8. The molecule has 5 nitrogen and oxygen atoms in total. The topological polar surface area (TPSA) is 55.8 Å². The molecule has 0 N–H and O–H groups in total. The van der Waals surface area contributed by atoms with Crippen LogP contribution in [0.5, 0.6) is 5.75 Å². The van der Waals surface area contributed by atoms with Crippen molar-refractivity contribution < 1.29 is 23.5 Å². The van der Waals surface area contributed by atoms with E-state index >= 15 is 0 Å². The van der Waals surface area contributed by atoms with Gasteiger partial charge in [0.2, 0.25) is 0 Å². The third kappa shape index (κ3) is 5.34. The quantitative estimate of drug-likeness (QED) is 0.692. The fourth-order valence-electron chi connectivity index (χ4n) is 3.62. The van der Waals surface area contributed by atoms with Crippen LogP contribution in [-0.2, 0) is 16.0 Å². The zero-order valence-electron chi connectivity index (χ0n) is 16.8. The summed E-state index contributed by atoms with van der Waals surface area (Å²) in [6.45, 7) is 2.79. The Morgan fingerprint density at radius 2 is 1.83 bits per heavy atom. The number of ether oxygens (including phenoxy) is 2. The van der Waals surface area contributed by atoms with E-state index in [0.717, 1.165) is 25.3 Å². The van der Waals surface area contributed by atoms with Crippen molar-refractivity contribution >= 4 is 11.9 Å². The Morgan fingerprint density at radius 3 is 2.45 bits per heavy atom. The maximum absolute atomic E-state index is 14.0. The van der Waals surface area contributed by atoms with Gasteiger partial charge in [-0.1, -0.05) is 30.3 Å². The molecular weight excluding hydrogens is 373 g/mol. The van der Waals surface area contributed by atoms with Gasteiger partial charge in [0.05, 0.1) is 12.7 Å². The number of piperidine rings is 1. The van der Waals surface area contributed by atoms with Crippen LogP contribution >= 0.6 is 0 Å². The number of methoxy groups -OCH3 is 1. The molecule has 1 aliphatic heterocycles. The largest absolute Gasteiger partial charge is 0.497 e. The van der Waals surface area contributed by atoms with Crippen LogP contribution in [0, 0.1) is 11.7 Å². The summed E-state index contributed by atoms with van der Waals surface area (Å²) in [6, 6.07) is 14.2. The molecule has 0 aliphatic carbocycles. The number of likely N-dealkylation sites (tertiary alicyclic amines) is 1. The van der Waals surface area contributed by atoms with Crippen molar-refractivity contribution in [3.8, 4) is 5.75 Å². The number of carbonyl (C=O) groups excluding carboxylic acids is 2. The second-order valence-corrected chi connectivity index (χ2v) is 7.35. The van der Waals surface area contributed by atoms with E-state index in [1.54, 1.807) is 4.90 Å². The van der Waals surface area contributed by atoms with Crippen molar-refractivity contribution in [2.75, 3.05) is 20.2 Å². The molecule has 1 heterocycles. The lowest BCUT2D eigenvalue weighted by atomic mass is 9.90. The monoisotopic (exact) mass is 399 g/mol. The Hall–Kier alpha value is -2.89. The molecular formula is C23H26FNO4. The van der Waals surface area contributed by atoms with Crippen molar-refractivity contribution in [2.45, 2.75) is 32.3 Å². The van der Waals surface area contributed by atoms with E-state index in [2.05, 4.69) is 12.1 Å². The average Bonchev–Trinajstić information content (AvgIpc) is 2.74. The summed E-state index contributed by atoms with van der Waals surface area (Å²) in [5, 5.41) is 0. The van der Waals surface area contributed by atoms with Gasteiger partial charge in [-0.05, 0) is 49.8 Å². The molecule has 1 saturated heterocycles. The lowest BCUT2D eigenvalue weighted by Crippen LogP contribution is -2.44. The summed E-state index contributed by atoms with van der Waals surface area (Å²) < 4.78 is 24.2. The lowest BCUT2D eigenvalue weighted by molar-refractivity contribution is -0.141. The number of hydrogen-bond donors (Lipinski definition) is 0. The Kier molecular flexibility index (Phi) is 6.86. The highest BCUT2D eigenvalue weighted by Crippen LogP contribution is 2.23. The Balaban J connectivity index is 1.51. The fourth-order valence-corrected chi connectivity index (χ4v) is 3.62. The molecule has 1 amide bonds. The Bertz CT molecular complexity index is 847. The van der Waals surface area contributed by atoms with E-state index in [4.69, 9.17) is 9.47 Å². The normalized spacial score (nSPS) is 15.6. The summed E-state index contributed by atoms with van der Waals surface area (Å²) in [5.74, 6) is -1.000. The zero-order valence-corrected chi connectivity index (χ0v) is 16.8. The zero-order chi connectivity index (χ0) is 20.8. The first-order chi connectivity index (χ1) is 14.0. The predicted octanol–water partition coefficient (Wildman–Crippen LogP) is 3.86. The van der Waals surface area contributed by atoms with Gasteiger partial charge in [0.15, 0.2) is 6.10 Å². The molecule has 0 radical (unpaired) electrons. The average molecular weight is 399 g/mol. The van der Waals surface area contributed by atoms with Crippen LogP contribution in [0.1, 0.15) is 35.7 Å². The summed E-state index contributed by atoms with van der Waals surface area (Å²) >= 11 is 0. The van der Waals surface area contributed by atoms with E-state index in [9.17, 15) is 14.0 Å². The molecule has 154 valence electrons. The Labute approximate surface area is 170 Å². The van der Waals surface area contributed by atoms with Crippen LogP contribution in [0.15, 0.2) is 48.5 Å². The molecule has 0 unspecified atom stereocenters. The van der Waals surface area contributed by atoms with Gasteiger partial charge in [0, 0.05) is 19.2 Å². The molecule has 3 rings (SSSR count). The number of amides is 1. The molecule has 0 spiro atoms. The highest BCUT2D eigenvalue weighted by atomic mass is 19.1. The molecule has 2 aromatic rings. The number of rotatable bonds is 6. The summed E-state index contributed by atoms with van der Waals surface area (Å²) in [4.78, 5) is 26.6. The molecule has 6 heteroatoms. The maximum Gasteiger partial charge on any atom is 0.341 e. The molecule has 1 aliphatic rings. The van der Waals surface area contributed by atoms with Crippen LogP contribution in [0.25, 0.3) is 0 Å². The molecule has 2 aromatic carbocycles. The number of esters is 1. The minimum atomic E-state index is -0.963. The summed E-state index contributed by atoms with van der Waals surface area (Å²) in [7, 11) is 1.41. The molecule has 0 aromatic heterocycles. The van der Waals surface area contributed by atoms with Crippen molar-refractivity contribution in [2.24, 2.45) is 5.92 Å². The van der Waals surface area contributed by atoms with Crippen molar-refractivity contribution in [3.63, 3.8) is 0 Å². The van der Waals surface area contributed by atoms with Crippen LogP contribution < -0.4 is 4.74 Å². The van der Waals surface area contributed by atoms with Gasteiger partial charge in [0.1, 0.15) is 11.6 Å². The summed E-state index contributed by atoms with van der Waals surface area (Å²) in [5.41, 5.74) is 1.09. The highest BCUT2D eigenvalue weighted by molar-refractivity contribution is 5.92. The van der Waals surface area contributed by atoms with Crippen molar-refractivity contribution in [3.05, 3.63) is 65.5 Å². The molecule has 1 atom stereocenters. The van der Waals surface area contributed by atoms with Crippen molar-refractivity contribution in [1.29, 1.82) is 0 Å². The SMILES string of the molecule is COc1ccc(C(=O)O[C@H](C)C(=O)N2CCC(Cc3ccccc3)CC2)c(F)c1. The van der Waals surface area contributed by atoms with Gasteiger partial charge in [-0.25, -0.2) is 9.18 Å². The van der Waals surface area contributed by atoms with Crippen molar-refractivity contribution in [1.82, 2.24) is 4.90 Å². The number of hydrogen-bond acceptors (Lipinski definition) is 4. The molecule has 29 heavy (non-hydrogen) atoms. The number of halogens is 1. The fraction of sp³-hybridized carbons (Fsp3) is 0.391. The number of nitrogens with zero attached hydrogens (tertiary/aromatic N) is 1. The van der Waals surface area contributed by atoms with E-state index in [0.29, 0.717) is 24.8 Å². The van der Waals surface area contributed by atoms with Gasteiger partial charge < -0.3 is 14.4 Å². The van der Waals surface area contributed by atoms with Gasteiger partial charge in [0.25, 0.3) is 5.91 Å². The standard InChI is InChI=1S/C23H26FNO4/c1-16(29-23(27)20-9-8-19(28-2)15-21(20)24)22(26)25-12-10-18(11-13-25)14-17-6-4-3-5-7-17/h3-9,15-16,18H,10-14H2,1-2H3/t16-/m1/s1. The first-order valence-corrected chi connectivity index (χ1v) is 9.85. The van der Waals surface area contributed by atoms with Gasteiger partial charge >= 0.3 is 5.97 Å². The smallest absolute Gasteiger partial charge is 0.341 e. The van der Waals surface area contributed by atoms with E-state index in [-0.39, 0.29) is 11.5 Å². The molecule has 0 saturated carbocycles. The van der Waals surface area contributed by atoms with E-state index < -0.39 is 17.9 Å². The maximum atomic E-state index is 14.0. The number of carbonyl (C=O) groups is 2. The van der Waals surface area contributed by atoms with Crippen LogP contribution in [0.4, 0.5) is 4.39 Å². The highest BCUT2D eigenvalue weighted by Gasteiger charge is 2.29. The lowest BCUT2D eigenvalue weighted by Gasteiger charge is -2.33. The van der Waals surface area contributed by atoms with Gasteiger partial charge in [-0.15, -0.1) is 0 Å². The minimum absolute atomic E-state index is 0.216. The van der Waals surface area contributed by atoms with Gasteiger partial charge in [-0.2, -0.15) is 0 Å².